The summed E-state index contributed by atoms with van der Waals surface area (Å²) in [5.41, 5.74) is 3.48. The first-order chi connectivity index (χ1) is 23.2. The van der Waals surface area contributed by atoms with Crippen LogP contribution in [-0.4, -0.2) is 49.8 Å². The normalized spacial score (nSPS) is 10.0. The summed E-state index contributed by atoms with van der Waals surface area (Å²) in [5.74, 6) is 3.61. The number of carbonyl (C=O) groups excluding carboxylic acids is 5. The number of rotatable bonds is 15. The molecule has 0 radical (unpaired) electrons. The third-order valence-electron chi connectivity index (χ3n) is 6.08. The van der Waals surface area contributed by atoms with Crippen molar-refractivity contribution in [3.8, 4) is 28.7 Å². The van der Waals surface area contributed by atoms with Gasteiger partial charge in [-0.2, -0.15) is 0 Å². The molecule has 0 heterocycles. The maximum atomic E-state index is 12.7. The Morgan fingerprint density at radius 1 is 0.750 bits per heavy atom. The number of esters is 3. The topological polar surface area (TPSA) is 146 Å². The number of hydrogen-bond acceptors (Lipinski definition) is 9. The number of amides is 2. The molecule has 244 valence electrons. The fourth-order valence-corrected chi connectivity index (χ4v) is 3.58. The van der Waals surface area contributed by atoms with Crippen molar-refractivity contribution in [1.82, 2.24) is 10.6 Å². The average Bonchev–Trinajstić information content (AvgIpc) is 3.10. The summed E-state index contributed by atoms with van der Waals surface area (Å²) in [7, 11) is 0. The second-order valence-electron chi connectivity index (χ2n) is 9.52. The van der Waals surface area contributed by atoms with Gasteiger partial charge in [-0.3, -0.25) is 14.4 Å². The first-order valence-electron chi connectivity index (χ1n) is 14.3. The lowest BCUT2D eigenvalue weighted by Gasteiger charge is -2.09. The Balaban J connectivity index is 1.43. The molecule has 0 aliphatic rings. The molecule has 0 bridgehead atoms. The van der Waals surface area contributed by atoms with Gasteiger partial charge in [0.25, 0.3) is 0 Å². The summed E-state index contributed by atoms with van der Waals surface area (Å²) in [6, 6.07) is 20.8. The van der Waals surface area contributed by atoms with Gasteiger partial charge in [0.05, 0.1) is 12.1 Å². The van der Waals surface area contributed by atoms with Gasteiger partial charge in [-0.15, -0.1) is 0 Å². The van der Waals surface area contributed by atoms with Crippen LogP contribution in [0.25, 0.3) is 17.2 Å². The minimum atomic E-state index is -0.654. The van der Waals surface area contributed by atoms with Gasteiger partial charge in [0.2, 0.25) is 18.6 Å². The highest BCUT2D eigenvalue weighted by molar-refractivity contribution is 5.92. The molecule has 0 saturated carbocycles. The van der Waals surface area contributed by atoms with Crippen molar-refractivity contribution in [2.45, 2.75) is 6.42 Å². The van der Waals surface area contributed by atoms with E-state index in [1.807, 2.05) is 36.4 Å². The predicted molar refractivity (Wildman–Crippen MR) is 177 cm³/mol. The van der Waals surface area contributed by atoms with Crippen molar-refractivity contribution >= 4 is 35.8 Å². The third kappa shape index (κ3) is 12.7. The maximum absolute atomic E-state index is 12.7. The molecule has 0 fully saturated rings. The lowest BCUT2D eigenvalue weighted by Crippen LogP contribution is -2.25. The van der Waals surface area contributed by atoms with E-state index in [0.29, 0.717) is 22.4 Å². The Morgan fingerprint density at radius 3 is 2.02 bits per heavy atom. The molecule has 0 unspecified atom stereocenters. The molecule has 3 rings (SSSR count). The van der Waals surface area contributed by atoms with Gasteiger partial charge >= 0.3 is 17.9 Å². The lowest BCUT2D eigenvalue weighted by molar-refractivity contribution is -0.147. The van der Waals surface area contributed by atoms with Gasteiger partial charge in [-0.1, -0.05) is 68.0 Å². The van der Waals surface area contributed by atoms with Crippen LogP contribution in [0.5, 0.6) is 5.75 Å². The first kappa shape index (κ1) is 35.8. The highest BCUT2D eigenvalue weighted by Crippen LogP contribution is 2.23. The Bertz CT molecular complexity index is 1750. The van der Waals surface area contributed by atoms with E-state index >= 15 is 0 Å². The van der Waals surface area contributed by atoms with E-state index in [1.165, 1.54) is 12.2 Å². The quantitative estimate of drug-likeness (QED) is 0.0609. The van der Waals surface area contributed by atoms with E-state index in [-0.39, 0.29) is 38.2 Å². The summed E-state index contributed by atoms with van der Waals surface area (Å²) < 4.78 is 20.4. The van der Waals surface area contributed by atoms with Crippen LogP contribution in [0.4, 0.5) is 0 Å². The SMILES string of the molecule is C=CC(=O)NCOC(=O)CC#Cc1ccc(-c2ccc(OC(=O)c3ccc(/C=C/C(=O)OCOC(=C)CNC(=O)C=C)cc3)cc2)cc1. The zero-order chi connectivity index (χ0) is 34.7. The van der Waals surface area contributed by atoms with Crippen molar-refractivity contribution in [1.29, 1.82) is 0 Å². The summed E-state index contributed by atoms with van der Waals surface area (Å²) in [4.78, 5) is 58.4. The monoisotopic (exact) mass is 648 g/mol. The largest absolute Gasteiger partial charge is 0.460 e. The number of carbonyl (C=O) groups is 5. The van der Waals surface area contributed by atoms with Crippen molar-refractivity contribution in [2.24, 2.45) is 0 Å². The second-order valence-corrected chi connectivity index (χ2v) is 9.52. The van der Waals surface area contributed by atoms with Crippen LogP contribution in [0.2, 0.25) is 0 Å². The Hall–Kier alpha value is -6.67. The number of hydrogen-bond donors (Lipinski definition) is 2. The molecule has 0 aliphatic heterocycles. The molecule has 48 heavy (non-hydrogen) atoms. The third-order valence-corrected chi connectivity index (χ3v) is 6.08. The molecular formula is C37H32N2O9. The highest BCUT2D eigenvalue weighted by atomic mass is 16.7. The van der Waals surface area contributed by atoms with E-state index in [0.717, 1.165) is 23.3 Å². The molecule has 0 aliphatic carbocycles. The van der Waals surface area contributed by atoms with Gasteiger partial charge in [0.15, 0.2) is 6.73 Å². The first-order valence-corrected chi connectivity index (χ1v) is 14.3. The van der Waals surface area contributed by atoms with Crippen LogP contribution >= 0.6 is 0 Å². The van der Waals surface area contributed by atoms with Crippen molar-refractivity contribution in [3.05, 3.63) is 133 Å². The van der Waals surface area contributed by atoms with E-state index < -0.39 is 23.8 Å². The van der Waals surface area contributed by atoms with Gasteiger partial charge in [-0.25, -0.2) is 9.59 Å². The Labute approximate surface area is 277 Å². The molecular weight excluding hydrogens is 616 g/mol. The van der Waals surface area contributed by atoms with Crippen LogP contribution in [0.15, 0.2) is 117 Å². The smallest absolute Gasteiger partial charge is 0.343 e. The predicted octanol–water partition coefficient (Wildman–Crippen LogP) is 4.46. The van der Waals surface area contributed by atoms with E-state index in [4.69, 9.17) is 18.9 Å². The minimum Gasteiger partial charge on any atom is -0.460 e. The molecule has 11 heteroatoms. The van der Waals surface area contributed by atoms with Gasteiger partial charge in [0.1, 0.15) is 17.9 Å². The maximum Gasteiger partial charge on any atom is 0.343 e. The zero-order valence-corrected chi connectivity index (χ0v) is 25.9. The molecule has 3 aromatic rings. The average molecular weight is 649 g/mol. The van der Waals surface area contributed by atoms with Gasteiger partial charge in [0, 0.05) is 11.6 Å². The van der Waals surface area contributed by atoms with Crippen molar-refractivity contribution < 1.29 is 42.9 Å². The standard InChI is InChI=1S/C37H32N2O9/c1-4-33(40)38-23-26(3)46-25-47-36(43)22-13-28-11-16-31(17-12-28)37(44)48-32-20-18-30(19-21-32)29-14-9-27(10-15-29)7-6-8-35(42)45-24-39-34(41)5-2/h4-5,9-22H,1-3,8,23-25H2,(H,38,40)(H,39,41)/b22-13+. The van der Waals surface area contributed by atoms with Crippen molar-refractivity contribution in [3.63, 3.8) is 0 Å². The van der Waals surface area contributed by atoms with Crippen LogP contribution < -0.4 is 15.4 Å². The lowest BCUT2D eigenvalue weighted by atomic mass is 10.0. The minimum absolute atomic E-state index is 0.0529. The molecule has 0 saturated heterocycles. The van der Waals surface area contributed by atoms with Crippen molar-refractivity contribution in [2.75, 3.05) is 20.1 Å². The Morgan fingerprint density at radius 2 is 1.38 bits per heavy atom. The highest BCUT2D eigenvalue weighted by Gasteiger charge is 2.09. The molecule has 3 aromatic carbocycles. The second kappa shape index (κ2) is 19.0. The summed E-state index contributed by atoms with van der Waals surface area (Å²) in [5, 5.41) is 4.81. The van der Waals surface area contributed by atoms with E-state index in [9.17, 15) is 24.0 Å². The van der Waals surface area contributed by atoms with Gasteiger partial charge < -0.3 is 29.6 Å². The molecule has 11 nitrogen and oxygen atoms in total. The fourth-order valence-electron chi connectivity index (χ4n) is 3.58. The summed E-state index contributed by atoms with van der Waals surface area (Å²) in [6.07, 6.45) is 4.78. The van der Waals surface area contributed by atoms with Crippen LogP contribution in [0.3, 0.4) is 0 Å². The number of ether oxygens (including phenoxy) is 4. The number of nitrogens with one attached hydrogen (secondary N) is 2. The number of benzene rings is 3. The molecule has 2 N–H and O–H groups in total. The van der Waals surface area contributed by atoms with Gasteiger partial charge in [-0.05, 0) is 71.3 Å². The molecule has 0 aromatic heterocycles. The molecule has 0 atom stereocenters. The molecule has 2 amide bonds. The zero-order valence-electron chi connectivity index (χ0n) is 25.9. The van der Waals surface area contributed by atoms with Crippen LogP contribution in [0.1, 0.15) is 27.9 Å². The van der Waals surface area contributed by atoms with Crippen LogP contribution in [-0.2, 0) is 33.4 Å². The fraction of sp³-hybridized carbons (Fsp3) is 0.108. The summed E-state index contributed by atoms with van der Waals surface area (Å²) in [6.45, 7) is 9.66. The Kier molecular flexibility index (Phi) is 14.2. The summed E-state index contributed by atoms with van der Waals surface area (Å²) >= 11 is 0. The van der Waals surface area contributed by atoms with Crippen LogP contribution in [0, 0.1) is 11.8 Å². The van der Waals surface area contributed by atoms with E-state index in [1.54, 1.807) is 36.4 Å². The van der Waals surface area contributed by atoms with E-state index in [2.05, 4.69) is 42.2 Å². The molecule has 0 spiro atoms.